The van der Waals surface area contributed by atoms with E-state index in [2.05, 4.69) is 0 Å². The molecule has 0 aromatic rings. The van der Waals surface area contributed by atoms with Gasteiger partial charge < -0.3 is 33.2 Å². The molecule has 0 aromatic heterocycles. The van der Waals surface area contributed by atoms with Crippen LogP contribution >= 0.6 is 0 Å². The van der Waals surface area contributed by atoms with Crippen LogP contribution in [0.2, 0.25) is 0 Å². The number of carbonyl (C=O) groups excluding carboxylic acids is 1. The van der Waals surface area contributed by atoms with Gasteiger partial charge in [-0.1, -0.05) is 0 Å². The molecule has 0 bridgehead atoms. The lowest BCUT2D eigenvalue weighted by atomic mass is 9.83. The largest absolute Gasteiger partial charge is 0.352 e. The van der Waals surface area contributed by atoms with Gasteiger partial charge >= 0.3 is 0 Å². The molecule has 4 aliphatic heterocycles. The highest BCUT2D eigenvalue weighted by Gasteiger charge is 2.71. The van der Waals surface area contributed by atoms with Crippen LogP contribution in [0.15, 0.2) is 12.2 Å². The molecule has 3 saturated heterocycles. The lowest BCUT2D eigenvalue weighted by Crippen LogP contribution is -2.63. The number of carbonyl (C=O) groups is 1. The number of hydrogen-bond acceptors (Lipinski definition) is 8. The molecule has 0 N–H and O–H groups in total. The van der Waals surface area contributed by atoms with Crippen molar-refractivity contribution in [3.05, 3.63) is 12.2 Å². The maximum absolute atomic E-state index is 13.0. The van der Waals surface area contributed by atoms with Crippen LogP contribution < -0.4 is 0 Å². The quantitative estimate of drug-likeness (QED) is 0.721. The van der Waals surface area contributed by atoms with Crippen LogP contribution in [0.1, 0.15) is 27.7 Å². The summed E-state index contributed by atoms with van der Waals surface area (Å²) in [4.78, 5) is 13.0. The summed E-state index contributed by atoms with van der Waals surface area (Å²) in [6, 6.07) is 0. The first-order valence-corrected chi connectivity index (χ1v) is 8.43. The highest BCUT2D eigenvalue weighted by Crippen LogP contribution is 2.49. The SMILES string of the molecule is COC1C=CC(=O)[C@@]2(O1)[C@@H]([C@H]1COC(C)(C)O1)O[C@@H]1OC(C)(C)O[C@@H]12. The van der Waals surface area contributed by atoms with Gasteiger partial charge in [0.1, 0.15) is 12.2 Å². The summed E-state index contributed by atoms with van der Waals surface area (Å²) in [6.45, 7) is 7.44. The molecule has 0 radical (unpaired) electrons. The standard InChI is InChI=1S/C17H24O8/c1-15(2)20-8-9(22-15)12-17(10(18)6-7-11(19-5)23-17)13-14(21-12)25-16(3,4)24-13/h6-7,9,11-14H,8H2,1-5H3/t9-,11?,12-,13+,14-,17-/m1/s1. The molecule has 6 atom stereocenters. The van der Waals surface area contributed by atoms with Crippen LogP contribution in [-0.2, 0) is 38.0 Å². The molecular formula is C17H24O8. The molecule has 4 heterocycles. The predicted molar refractivity (Wildman–Crippen MR) is 82.4 cm³/mol. The van der Waals surface area contributed by atoms with E-state index in [1.165, 1.54) is 13.2 Å². The lowest BCUT2D eigenvalue weighted by molar-refractivity contribution is -0.270. The summed E-state index contributed by atoms with van der Waals surface area (Å²) >= 11 is 0. The Morgan fingerprint density at radius 1 is 1.04 bits per heavy atom. The zero-order valence-corrected chi connectivity index (χ0v) is 15.0. The Bertz CT molecular complexity index is 599. The van der Waals surface area contributed by atoms with E-state index in [-0.39, 0.29) is 12.4 Å². The Morgan fingerprint density at radius 3 is 2.44 bits per heavy atom. The van der Waals surface area contributed by atoms with Crippen molar-refractivity contribution in [3.8, 4) is 0 Å². The summed E-state index contributed by atoms with van der Waals surface area (Å²) in [5.41, 5.74) is -1.41. The van der Waals surface area contributed by atoms with Crippen LogP contribution in [-0.4, -0.2) is 67.6 Å². The average Bonchev–Trinajstić information content (AvgIpc) is 3.12. The first kappa shape index (κ1) is 17.5. The van der Waals surface area contributed by atoms with Crippen LogP contribution in [0.25, 0.3) is 0 Å². The minimum absolute atomic E-state index is 0.257. The van der Waals surface area contributed by atoms with E-state index in [1.54, 1.807) is 19.9 Å². The van der Waals surface area contributed by atoms with Gasteiger partial charge in [0.25, 0.3) is 0 Å². The Labute approximate surface area is 146 Å². The summed E-state index contributed by atoms with van der Waals surface area (Å²) in [6.07, 6.45) is -0.374. The molecule has 0 aliphatic carbocycles. The highest BCUT2D eigenvalue weighted by molar-refractivity contribution is 5.99. The molecule has 0 saturated carbocycles. The van der Waals surface area contributed by atoms with E-state index < -0.39 is 48.1 Å². The smallest absolute Gasteiger partial charge is 0.193 e. The van der Waals surface area contributed by atoms with Gasteiger partial charge in [0.15, 0.2) is 41.6 Å². The van der Waals surface area contributed by atoms with Crippen molar-refractivity contribution >= 4 is 5.78 Å². The molecule has 8 heteroatoms. The van der Waals surface area contributed by atoms with Gasteiger partial charge in [0.05, 0.1) is 6.61 Å². The molecule has 0 amide bonds. The van der Waals surface area contributed by atoms with Gasteiger partial charge in [-0.2, -0.15) is 0 Å². The third-order valence-electron chi connectivity index (χ3n) is 4.89. The van der Waals surface area contributed by atoms with Crippen molar-refractivity contribution in [2.75, 3.05) is 13.7 Å². The highest BCUT2D eigenvalue weighted by atomic mass is 16.9. The number of fused-ring (bicyclic) bond motifs is 2. The van der Waals surface area contributed by atoms with Gasteiger partial charge in [-0.05, 0) is 39.8 Å². The van der Waals surface area contributed by atoms with Crippen LogP contribution in [0.3, 0.4) is 0 Å². The topological polar surface area (TPSA) is 81.7 Å². The molecular weight excluding hydrogens is 332 g/mol. The van der Waals surface area contributed by atoms with Crippen molar-refractivity contribution in [2.24, 2.45) is 0 Å². The van der Waals surface area contributed by atoms with Crippen molar-refractivity contribution in [1.82, 2.24) is 0 Å². The molecule has 3 fully saturated rings. The number of ketones is 1. The second-order valence-electron chi connectivity index (χ2n) is 7.59. The fourth-order valence-corrected chi connectivity index (χ4v) is 3.88. The Balaban J connectivity index is 1.72. The number of hydrogen-bond donors (Lipinski definition) is 0. The maximum atomic E-state index is 13.0. The number of ether oxygens (including phenoxy) is 7. The minimum atomic E-state index is -1.41. The number of methoxy groups -OCH3 is 1. The second kappa shape index (κ2) is 5.56. The van der Waals surface area contributed by atoms with Gasteiger partial charge in [0, 0.05) is 7.11 Å². The van der Waals surface area contributed by atoms with Gasteiger partial charge in [0.2, 0.25) is 0 Å². The predicted octanol–water partition coefficient (Wildman–Crippen LogP) is 0.881. The Kier molecular flexibility index (Phi) is 3.90. The summed E-state index contributed by atoms with van der Waals surface area (Å²) in [7, 11) is 1.51. The van der Waals surface area contributed by atoms with Gasteiger partial charge in [-0.3, -0.25) is 4.79 Å². The van der Waals surface area contributed by atoms with Crippen molar-refractivity contribution in [2.45, 2.75) is 75.8 Å². The summed E-state index contributed by atoms with van der Waals surface area (Å²) in [5, 5.41) is 0. The minimum Gasteiger partial charge on any atom is -0.352 e. The zero-order chi connectivity index (χ0) is 18.0. The monoisotopic (exact) mass is 356 g/mol. The molecule has 0 aromatic carbocycles. The van der Waals surface area contributed by atoms with Gasteiger partial charge in [-0.15, -0.1) is 0 Å². The Morgan fingerprint density at radius 2 is 1.80 bits per heavy atom. The Hall–Kier alpha value is -0.870. The average molecular weight is 356 g/mol. The van der Waals surface area contributed by atoms with E-state index in [9.17, 15) is 4.79 Å². The lowest BCUT2D eigenvalue weighted by Gasteiger charge is -2.41. The van der Waals surface area contributed by atoms with Crippen molar-refractivity contribution in [1.29, 1.82) is 0 Å². The fraction of sp³-hybridized carbons (Fsp3) is 0.824. The first-order chi connectivity index (χ1) is 11.7. The van der Waals surface area contributed by atoms with E-state index in [0.717, 1.165) is 0 Å². The maximum Gasteiger partial charge on any atom is 0.193 e. The molecule has 1 spiro atoms. The fourth-order valence-electron chi connectivity index (χ4n) is 3.88. The third kappa shape index (κ3) is 2.68. The molecule has 25 heavy (non-hydrogen) atoms. The third-order valence-corrected chi connectivity index (χ3v) is 4.89. The van der Waals surface area contributed by atoms with E-state index >= 15 is 0 Å². The summed E-state index contributed by atoms with van der Waals surface area (Å²) in [5.74, 6) is -1.90. The van der Waals surface area contributed by atoms with Gasteiger partial charge in [-0.25, -0.2) is 0 Å². The molecule has 1 unspecified atom stereocenters. The van der Waals surface area contributed by atoms with Crippen LogP contribution in [0.5, 0.6) is 0 Å². The zero-order valence-electron chi connectivity index (χ0n) is 15.0. The number of rotatable bonds is 2. The molecule has 4 aliphatic rings. The first-order valence-electron chi connectivity index (χ1n) is 8.43. The van der Waals surface area contributed by atoms with Crippen LogP contribution in [0.4, 0.5) is 0 Å². The molecule has 8 nitrogen and oxygen atoms in total. The van der Waals surface area contributed by atoms with E-state index in [4.69, 9.17) is 33.2 Å². The second-order valence-corrected chi connectivity index (χ2v) is 7.59. The van der Waals surface area contributed by atoms with E-state index in [0.29, 0.717) is 0 Å². The molecule has 4 rings (SSSR count). The summed E-state index contributed by atoms with van der Waals surface area (Å²) < 4.78 is 40.8. The van der Waals surface area contributed by atoms with Crippen molar-refractivity contribution < 1.29 is 38.0 Å². The van der Waals surface area contributed by atoms with Crippen LogP contribution in [0, 0.1) is 0 Å². The molecule has 140 valence electrons. The van der Waals surface area contributed by atoms with Crippen molar-refractivity contribution in [3.63, 3.8) is 0 Å². The normalized spacial score (nSPS) is 47.6. The van der Waals surface area contributed by atoms with E-state index in [1.807, 2.05) is 13.8 Å².